The van der Waals surface area contributed by atoms with Crippen molar-refractivity contribution in [2.24, 2.45) is 0 Å². The van der Waals surface area contributed by atoms with Crippen LogP contribution in [0.2, 0.25) is 0 Å². The molecule has 1 aliphatic carbocycles. The van der Waals surface area contributed by atoms with Crippen LogP contribution in [0.5, 0.6) is 0 Å². The Morgan fingerprint density at radius 2 is 1.61 bits per heavy atom. The molecule has 2 aromatic rings. The molecule has 256 valence electrons. The first kappa shape index (κ1) is 33.7. The highest BCUT2D eigenvalue weighted by atomic mass is 32.2. The largest absolute Gasteiger partial charge is 0.478 e. The first-order valence-corrected chi connectivity index (χ1v) is 17.4. The number of hydroxylamine groups is 2. The number of anilines is 1. The molecule has 6 rings (SSSR count). The number of hydrogen-bond donors (Lipinski definition) is 5. The number of hydrogen-bond acceptors (Lipinski definition) is 12. The second kappa shape index (κ2) is 11.2. The maximum absolute atomic E-state index is 13.2. The van der Waals surface area contributed by atoms with Crippen molar-refractivity contribution < 1.29 is 59.5 Å². The Labute approximate surface area is 277 Å². The van der Waals surface area contributed by atoms with Crippen LogP contribution in [0.3, 0.4) is 0 Å². The molecule has 0 bridgehead atoms. The van der Waals surface area contributed by atoms with Crippen molar-refractivity contribution in [1.82, 2.24) is 5.06 Å². The molecule has 3 aliphatic heterocycles. The molecule has 0 saturated carbocycles. The van der Waals surface area contributed by atoms with Crippen LogP contribution in [0, 0.1) is 5.41 Å². The summed E-state index contributed by atoms with van der Waals surface area (Å²) in [5.41, 5.74) is -2.70. The zero-order valence-corrected chi connectivity index (χ0v) is 27.5. The fraction of sp³-hybridized carbons (Fsp3) is 0.258. The number of amides is 2. The summed E-state index contributed by atoms with van der Waals surface area (Å²) >= 11 is 0. The normalized spacial score (nSPS) is 17.7. The SMILES string of the molecule is CC1CC(C)(C)Nc2c1cc1c(-c3cc(C(=O)ON4C(=O)CCC4=O)ccc3C(=O)O)c3ccc(=N)c(S(=O)(=O)O)c-3oc1c2S(=O)(=O)O. The quantitative estimate of drug-likeness (QED) is 0.108. The number of nitrogens with zero attached hydrogens (tertiary/aromatic N) is 1. The number of benzene rings is 3. The van der Waals surface area contributed by atoms with Gasteiger partial charge in [0.1, 0.15) is 0 Å². The van der Waals surface area contributed by atoms with Gasteiger partial charge >= 0.3 is 11.9 Å². The molecule has 0 aromatic heterocycles. The molecule has 0 spiro atoms. The molecule has 1 saturated heterocycles. The standard InChI is InChI=1S/C31H27N3O13S2/c1-13-12-31(2,3)33-24-17(13)11-19-23(16-6-7-20(32)27(48(40,41)42)25(16)46-26(19)28(24)49(43,44)45)18-10-14(4-5-15(18)29(37)38)30(39)47-34-21(35)8-9-22(34)36/h4-7,10-11,13,32-33H,8-9,12H2,1-3H3,(H,37,38)(H,40,41,42)(H,43,44,45). The lowest BCUT2D eigenvalue weighted by molar-refractivity contribution is -0.172. The van der Waals surface area contributed by atoms with Gasteiger partial charge in [0.05, 0.1) is 22.2 Å². The summed E-state index contributed by atoms with van der Waals surface area (Å²) in [6, 6.07) is 6.70. The van der Waals surface area contributed by atoms with Gasteiger partial charge in [0, 0.05) is 34.9 Å². The fourth-order valence-electron chi connectivity index (χ4n) is 6.49. The molecule has 1 atom stereocenters. The van der Waals surface area contributed by atoms with E-state index in [0.717, 1.165) is 24.3 Å². The number of carbonyl (C=O) groups is 4. The van der Waals surface area contributed by atoms with Crippen LogP contribution in [0.25, 0.3) is 33.4 Å². The summed E-state index contributed by atoms with van der Waals surface area (Å²) in [6.07, 6.45) is 0.0841. The van der Waals surface area contributed by atoms with Crippen molar-refractivity contribution in [2.75, 3.05) is 5.32 Å². The number of nitrogens with one attached hydrogen (secondary N) is 2. The molecule has 1 fully saturated rings. The Kier molecular flexibility index (Phi) is 7.70. The van der Waals surface area contributed by atoms with Crippen LogP contribution < -0.4 is 10.7 Å². The van der Waals surface area contributed by atoms with E-state index >= 15 is 0 Å². The minimum Gasteiger partial charge on any atom is -0.478 e. The summed E-state index contributed by atoms with van der Waals surface area (Å²) in [4.78, 5) is 53.1. The van der Waals surface area contributed by atoms with E-state index < -0.39 is 81.6 Å². The number of aromatic carboxylic acids is 1. The average Bonchev–Trinajstić information content (AvgIpc) is 3.28. The molecule has 4 aliphatic rings. The van der Waals surface area contributed by atoms with Crippen LogP contribution in [-0.4, -0.2) is 65.4 Å². The van der Waals surface area contributed by atoms with Gasteiger partial charge in [-0.3, -0.25) is 24.1 Å². The van der Waals surface area contributed by atoms with E-state index in [1.165, 1.54) is 12.1 Å². The lowest BCUT2D eigenvalue weighted by Gasteiger charge is -2.38. The number of carboxylic acid groups (broad SMARTS) is 1. The zero-order chi connectivity index (χ0) is 36.0. The number of carboxylic acids is 1. The van der Waals surface area contributed by atoms with Gasteiger partial charge in [0.15, 0.2) is 21.1 Å². The predicted octanol–water partition coefficient (Wildman–Crippen LogP) is 3.79. The average molecular weight is 714 g/mol. The highest BCUT2D eigenvalue weighted by Gasteiger charge is 2.39. The van der Waals surface area contributed by atoms with Gasteiger partial charge in [-0.15, -0.1) is 5.06 Å². The molecule has 2 aromatic carbocycles. The third kappa shape index (κ3) is 5.71. The first-order chi connectivity index (χ1) is 22.7. The Balaban J connectivity index is 1.79. The summed E-state index contributed by atoms with van der Waals surface area (Å²) in [5.74, 6) is -5.46. The fourth-order valence-corrected chi connectivity index (χ4v) is 8.03. The van der Waals surface area contributed by atoms with E-state index in [-0.39, 0.29) is 57.2 Å². The second-order valence-corrected chi connectivity index (χ2v) is 15.1. The molecular formula is C31H27N3O13S2. The minimum absolute atomic E-state index is 0.0704. The maximum atomic E-state index is 13.2. The third-order valence-corrected chi connectivity index (χ3v) is 10.2. The predicted molar refractivity (Wildman–Crippen MR) is 168 cm³/mol. The molecule has 16 nitrogen and oxygen atoms in total. The van der Waals surface area contributed by atoms with Gasteiger partial charge in [-0.25, -0.2) is 9.59 Å². The van der Waals surface area contributed by atoms with E-state index in [0.29, 0.717) is 12.0 Å². The van der Waals surface area contributed by atoms with Crippen molar-refractivity contribution >= 4 is 60.6 Å². The second-order valence-electron chi connectivity index (χ2n) is 12.4. The van der Waals surface area contributed by atoms with Crippen molar-refractivity contribution in [3.8, 4) is 22.5 Å². The zero-order valence-electron chi connectivity index (χ0n) is 25.9. The van der Waals surface area contributed by atoms with Crippen LogP contribution in [0.1, 0.15) is 72.2 Å². The van der Waals surface area contributed by atoms with Gasteiger partial charge in [0.25, 0.3) is 32.1 Å². The summed E-state index contributed by atoms with van der Waals surface area (Å²) in [7, 11) is -10.5. The van der Waals surface area contributed by atoms with E-state index in [4.69, 9.17) is 14.7 Å². The van der Waals surface area contributed by atoms with Crippen molar-refractivity contribution in [2.45, 2.75) is 61.3 Å². The molecule has 1 unspecified atom stereocenters. The Hall–Kier alpha value is -5.17. The lowest BCUT2D eigenvalue weighted by Crippen LogP contribution is -2.37. The smallest absolute Gasteiger partial charge is 0.363 e. The van der Waals surface area contributed by atoms with Crippen LogP contribution in [-0.2, 0) is 34.7 Å². The third-order valence-electron chi connectivity index (χ3n) is 8.38. The number of imide groups is 1. The molecule has 0 radical (unpaired) electrons. The number of carbonyl (C=O) groups excluding carboxylic acids is 3. The van der Waals surface area contributed by atoms with E-state index in [2.05, 4.69) is 5.32 Å². The van der Waals surface area contributed by atoms with Crippen LogP contribution in [0.4, 0.5) is 5.69 Å². The van der Waals surface area contributed by atoms with Gasteiger partial charge in [-0.1, -0.05) is 6.92 Å². The molecule has 5 N–H and O–H groups in total. The molecule has 18 heteroatoms. The topological polar surface area (TPSA) is 259 Å². The van der Waals surface area contributed by atoms with Crippen molar-refractivity contribution in [1.29, 1.82) is 5.41 Å². The van der Waals surface area contributed by atoms with Gasteiger partial charge < -0.3 is 19.7 Å². The Morgan fingerprint density at radius 1 is 0.980 bits per heavy atom. The summed E-state index contributed by atoms with van der Waals surface area (Å²) in [6.45, 7) is 5.36. The molecule has 49 heavy (non-hydrogen) atoms. The van der Waals surface area contributed by atoms with Gasteiger partial charge in [0.2, 0.25) is 0 Å². The highest BCUT2D eigenvalue weighted by molar-refractivity contribution is 7.86. The Bertz CT molecular complexity index is 2420. The van der Waals surface area contributed by atoms with Crippen LogP contribution >= 0.6 is 0 Å². The van der Waals surface area contributed by atoms with E-state index in [9.17, 15) is 50.2 Å². The molecule has 3 heterocycles. The summed E-state index contributed by atoms with van der Waals surface area (Å²) in [5, 5.41) is 20.9. The Morgan fingerprint density at radius 3 is 2.20 bits per heavy atom. The van der Waals surface area contributed by atoms with Gasteiger partial charge in [-0.05, 0) is 73.7 Å². The van der Waals surface area contributed by atoms with E-state index in [1.807, 2.05) is 0 Å². The molecular weight excluding hydrogens is 686 g/mol. The highest BCUT2D eigenvalue weighted by Crippen LogP contribution is 2.50. The maximum Gasteiger partial charge on any atom is 0.363 e. The monoisotopic (exact) mass is 713 g/mol. The summed E-state index contributed by atoms with van der Waals surface area (Å²) < 4.78 is 78.2. The number of fused-ring (bicyclic) bond motifs is 3. The van der Waals surface area contributed by atoms with E-state index in [1.54, 1.807) is 20.8 Å². The first-order valence-electron chi connectivity index (χ1n) is 14.5. The number of rotatable bonds is 6. The van der Waals surface area contributed by atoms with Crippen molar-refractivity contribution in [3.05, 3.63) is 58.4 Å². The minimum atomic E-state index is -5.26. The van der Waals surface area contributed by atoms with Gasteiger partial charge in [-0.2, -0.15) is 16.8 Å². The lowest BCUT2D eigenvalue weighted by atomic mass is 9.80. The van der Waals surface area contributed by atoms with Crippen LogP contribution in [0.15, 0.2) is 50.6 Å². The molecule has 2 amide bonds. The van der Waals surface area contributed by atoms with Crippen molar-refractivity contribution in [3.63, 3.8) is 0 Å².